The van der Waals surface area contributed by atoms with Gasteiger partial charge in [0.05, 0.1) is 0 Å². The summed E-state index contributed by atoms with van der Waals surface area (Å²) in [4.78, 5) is 17.4. The van der Waals surface area contributed by atoms with Crippen LogP contribution in [0.1, 0.15) is 51.4 Å². The maximum Gasteiger partial charge on any atom is 0.276 e. The molecule has 0 saturated heterocycles. The standard InChI is InChI=1S/C23H29FN4O3S/c1-6-21-19(13-17-9-7-8-10-20(17)24)23(29)27(26-21)22-12-11-18(14-25-22)32(30,31)28(15(2)3)16(4)5/h7-12,14-16,26H,6,13H2,1-5H3. The summed E-state index contributed by atoms with van der Waals surface area (Å²) in [5, 5.41) is 3.03. The third-order valence-corrected chi connectivity index (χ3v) is 7.53. The quantitative estimate of drug-likeness (QED) is 0.556. The van der Waals surface area contributed by atoms with Crippen molar-refractivity contribution in [1.82, 2.24) is 19.1 Å². The third kappa shape index (κ3) is 4.54. The number of nitrogens with one attached hydrogen (secondary N) is 1. The summed E-state index contributed by atoms with van der Waals surface area (Å²) < 4.78 is 42.9. The highest BCUT2D eigenvalue weighted by Gasteiger charge is 2.29. The molecule has 0 amide bonds. The molecule has 0 unspecified atom stereocenters. The Bertz CT molecular complexity index is 1240. The molecule has 0 fully saturated rings. The van der Waals surface area contributed by atoms with Crippen LogP contribution in [0, 0.1) is 5.82 Å². The van der Waals surface area contributed by atoms with E-state index in [1.807, 2.05) is 34.6 Å². The van der Waals surface area contributed by atoms with Crippen molar-refractivity contribution in [3.05, 3.63) is 75.6 Å². The lowest BCUT2D eigenvalue weighted by Crippen LogP contribution is -2.41. The van der Waals surface area contributed by atoms with Gasteiger partial charge in [0.15, 0.2) is 5.82 Å². The first-order valence-corrected chi connectivity index (χ1v) is 12.1. The molecule has 2 heterocycles. The van der Waals surface area contributed by atoms with E-state index in [-0.39, 0.29) is 40.6 Å². The Hall–Kier alpha value is -2.78. The average Bonchev–Trinajstić information content (AvgIpc) is 3.04. The fourth-order valence-corrected chi connectivity index (χ4v) is 5.70. The zero-order valence-corrected chi connectivity index (χ0v) is 19.8. The summed E-state index contributed by atoms with van der Waals surface area (Å²) >= 11 is 0. The molecule has 0 aliphatic rings. The monoisotopic (exact) mass is 460 g/mol. The molecule has 0 bridgehead atoms. The molecule has 0 atom stereocenters. The number of aromatic amines is 1. The van der Waals surface area contributed by atoms with Crippen LogP contribution >= 0.6 is 0 Å². The highest BCUT2D eigenvalue weighted by molar-refractivity contribution is 7.89. The summed E-state index contributed by atoms with van der Waals surface area (Å²) in [6.45, 7) is 9.18. The van der Waals surface area contributed by atoms with Gasteiger partial charge in [-0.3, -0.25) is 9.89 Å². The molecule has 0 aliphatic carbocycles. The van der Waals surface area contributed by atoms with Crippen LogP contribution in [0.5, 0.6) is 0 Å². The number of hydrogen-bond donors (Lipinski definition) is 1. The molecule has 0 spiro atoms. The number of halogens is 1. The van der Waals surface area contributed by atoms with Gasteiger partial charge in [-0.1, -0.05) is 25.1 Å². The Labute approximate surface area is 188 Å². The van der Waals surface area contributed by atoms with Crippen LogP contribution < -0.4 is 5.56 Å². The Kier molecular flexibility index (Phi) is 7.00. The lowest BCUT2D eigenvalue weighted by Gasteiger charge is -2.29. The van der Waals surface area contributed by atoms with Crippen molar-refractivity contribution in [1.29, 1.82) is 0 Å². The van der Waals surface area contributed by atoms with Crippen molar-refractivity contribution in [2.45, 2.75) is 64.4 Å². The van der Waals surface area contributed by atoms with E-state index < -0.39 is 10.0 Å². The average molecular weight is 461 g/mol. The summed E-state index contributed by atoms with van der Waals surface area (Å²) in [6.07, 6.45) is 1.97. The maximum atomic E-state index is 14.1. The third-order valence-electron chi connectivity index (χ3n) is 5.29. The van der Waals surface area contributed by atoms with Gasteiger partial charge >= 0.3 is 0 Å². The molecule has 1 aromatic carbocycles. The maximum absolute atomic E-state index is 14.1. The summed E-state index contributed by atoms with van der Waals surface area (Å²) in [7, 11) is -3.73. The minimum atomic E-state index is -3.73. The lowest BCUT2D eigenvalue weighted by molar-refractivity contribution is 0.302. The van der Waals surface area contributed by atoms with Gasteiger partial charge < -0.3 is 0 Å². The Balaban J connectivity index is 1.99. The predicted molar refractivity (Wildman–Crippen MR) is 122 cm³/mol. The number of H-pyrrole nitrogens is 1. The van der Waals surface area contributed by atoms with Gasteiger partial charge in [-0.2, -0.15) is 4.31 Å². The van der Waals surface area contributed by atoms with Crippen LogP contribution in [-0.4, -0.2) is 39.6 Å². The van der Waals surface area contributed by atoms with Crippen molar-refractivity contribution in [3.63, 3.8) is 0 Å². The largest absolute Gasteiger partial charge is 0.293 e. The van der Waals surface area contributed by atoms with E-state index in [1.54, 1.807) is 18.2 Å². The van der Waals surface area contributed by atoms with Crippen molar-refractivity contribution >= 4 is 10.0 Å². The molecule has 0 saturated carbocycles. The molecule has 172 valence electrons. The number of benzene rings is 1. The van der Waals surface area contributed by atoms with E-state index in [0.29, 0.717) is 23.2 Å². The number of rotatable bonds is 8. The molecule has 0 aliphatic heterocycles. The number of pyridine rings is 1. The van der Waals surface area contributed by atoms with Crippen LogP contribution in [-0.2, 0) is 22.9 Å². The number of sulfonamides is 1. The molecular weight excluding hydrogens is 431 g/mol. The second-order valence-electron chi connectivity index (χ2n) is 8.21. The number of nitrogens with zero attached hydrogens (tertiary/aromatic N) is 3. The van der Waals surface area contributed by atoms with E-state index in [2.05, 4.69) is 10.1 Å². The first-order chi connectivity index (χ1) is 15.1. The topological polar surface area (TPSA) is 88.1 Å². The van der Waals surface area contributed by atoms with Crippen molar-refractivity contribution in [2.24, 2.45) is 0 Å². The van der Waals surface area contributed by atoms with E-state index in [4.69, 9.17) is 0 Å². The summed E-state index contributed by atoms with van der Waals surface area (Å²) in [5.74, 6) is -0.0988. The minimum absolute atomic E-state index is 0.0607. The zero-order chi connectivity index (χ0) is 23.6. The first kappa shape index (κ1) is 23.9. The van der Waals surface area contributed by atoms with E-state index in [0.717, 1.165) is 0 Å². The zero-order valence-electron chi connectivity index (χ0n) is 19.0. The molecule has 3 aromatic rings. The second-order valence-corrected chi connectivity index (χ2v) is 10.0. The van der Waals surface area contributed by atoms with E-state index >= 15 is 0 Å². The first-order valence-electron chi connectivity index (χ1n) is 10.6. The van der Waals surface area contributed by atoms with Crippen LogP contribution in [0.15, 0.2) is 52.3 Å². The Morgan fingerprint density at radius 2 is 1.75 bits per heavy atom. The molecule has 9 heteroatoms. The van der Waals surface area contributed by atoms with Gasteiger partial charge in [-0.15, -0.1) is 0 Å². The fourth-order valence-electron chi connectivity index (χ4n) is 3.92. The number of aryl methyl sites for hydroxylation is 1. The van der Waals surface area contributed by atoms with Crippen molar-refractivity contribution in [3.8, 4) is 5.82 Å². The van der Waals surface area contributed by atoms with Crippen LogP contribution in [0.3, 0.4) is 0 Å². The van der Waals surface area contributed by atoms with Gasteiger partial charge in [0, 0.05) is 36.0 Å². The van der Waals surface area contributed by atoms with Gasteiger partial charge in [0.25, 0.3) is 5.56 Å². The normalized spacial score (nSPS) is 12.3. The van der Waals surface area contributed by atoms with E-state index in [1.165, 1.54) is 33.4 Å². The second kappa shape index (κ2) is 9.38. The highest BCUT2D eigenvalue weighted by Crippen LogP contribution is 2.21. The SMILES string of the molecule is CCc1[nH]n(-c2ccc(S(=O)(=O)N(C(C)C)C(C)C)cn2)c(=O)c1Cc1ccccc1F. The number of hydrogen-bond acceptors (Lipinski definition) is 4. The molecule has 32 heavy (non-hydrogen) atoms. The van der Waals surface area contributed by atoms with Crippen molar-refractivity contribution in [2.75, 3.05) is 0 Å². The summed E-state index contributed by atoms with van der Waals surface area (Å²) in [6, 6.07) is 8.88. The van der Waals surface area contributed by atoms with Crippen LogP contribution in [0.2, 0.25) is 0 Å². The molecule has 1 N–H and O–H groups in total. The van der Waals surface area contributed by atoms with Gasteiger partial charge in [-0.25, -0.2) is 22.5 Å². The molecule has 7 nitrogen and oxygen atoms in total. The van der Waals surface area contributed by atoms with Crippen LogP contribution in [0.4, 0.5) is 4.39 Å². The Morgan fingerprint density at radius 1 is 1.09 bits per heavy atom. The van der Waals surface area contributed by atoms with E-state index in [9.17, 15) is 17.6 Å². The molecule has 2 aromatic heterocycles. The number of aromatic nitrogens is 3. The lowest BCUT2D eigenvalue weighted by atomic mass is 10.0. The van der Waals surface area contributed by atoms with Crippen LogP contribution in [0.25, 0.3) is 5.82 Å². The minimum Gasteiger partial charge on any atom is -0.293 e. The molecule has 0 radical (unpaired) electrons. The van der Waals surface area contributed by atoms with Gasteiger partial charge in [0.1, 0.15) is 10.7 Å². The smallest absolute Gasteiger partial charge is 0.276 e. The van der Waals surface area contributed by atoms with Gasteiger partial charge in [-0.05, 0) is 57.9 Å². The highest BCUT2D eigenvalue weighted by atomic mass is 32.2. The molecular formula is C23H29FN4O3S. The van der Waals surface area contributed by atoms with Gasteiger partial charge in [0.2, 0.25) is 10.0 Å². The summed E-state index contributed by atoms with van der Waals surface area (Å²) in [5.41, 5.74) is 1.24. The predicted octanol–water partition coefficient (Wildman–Crippen LogP) is 3.66. The Morgan fingerprint density at radius 3 is 2.28 bits per heavy atom. The molecule has 3 rings (SSSR count). The fraction of sp³-hybridized carbons (Fsp3) is 0.391. The van der Waals surface area contributed by atoms with Crippen molar-refractivity contribution < 1.29 is 12.8 Å².